The zero-order valence-corrected chi connectivity index (χ0v) is 12.6. The van der Waals surface area contributed by atoms with Gasteiger partial charge in [0.1, 0.15) is 11.3 Å². The van der Waals surface area contributed by atoms with Crippen molar-refractivity contribution in [3.8, 4) is 16.9 Å². The molecule has 21 heavy (non-hydrogen) atoms. The SMILES string of the molecule is Cn1cc(-c2nn(-c3ccc(Br)cc3)cc2C(=O)O)cn1. The fraction of sp³-hybridized carbons (Fsp3) is 0.0714. The van der Waals surface area contributed by atoms with Crippen molar-refractivity contribution in [1.82, 2.24) is 19.6 Å². The van der Waals surface area contributed by atoms with Gasteiger partial charge in [-0.1, -0.05) is 15.9 Å². The number of hydrogen-bond acceptors (Lipinski definition) is 3. The molecule has 0 spiro atoms. The first-order valence-corrected chi connectivity index (χ1v) is 6.92. The second kappa shape index (κ2) is 5.17. The van der Waals surface area contributed by atoms with Gasteiger partial charge in [-0.25, -0.2) is 9.48 Å². The molecule has 1 aromatic carbocycles. The molecule has 2 aromatic heterocycles. The summed E-state index contributed by atoms with van der Waals surface area (Å²) >= 11 is 3.37. The number of carboxylic acid groups (broad SMARTS) is 1. The van der Waals surface area contributed by atoms with Gasteiger partial charge in [0.25, 0.3) is 0 Å². The number of nitrogens with zero attached hydrogens (tertiary/aromatic N) is 4. The first-order chi connectivity index (χ1) is 10.0. The average molecular weight is 347 g/mol. The Kier molecular flexibility index (Phi) is 3.34. The summed E-state index contributed by atoms with van der Waals surface area (Å²) in [7, 11) is 1.77. The molecule has 0 aliphatic heterocycles. The Balaban J connectivity index is 2.12. The zero-order chi connectivity index (χ0) is 15.0. The molecule has 3 aromatic rings. The maximum absolute atomic E-state index is 11.4. The highest BCUT2D eigenvalue weighted by atomic mass is 79.9. The number of carboxylic acids is 1. The summed E-state index contributed by atoms with van der Waals surface area (Å²) in [5, 5.41) is 17.8. The van der Waals surface area contributed by atoms with Crippen molar-refractivity contribution < 1.29 is 9.90 Å². The van der Waals surface area contributed by atoms with Gasteiger partial charge >= 0.3 is 5.97 Å². The van der Waals surface area contributed by atoms with E-state index in [2.05, 4.69) is 26.1 Å². The zero-order valence-electron chi connectivity index (χ0n) is 11.1. The lowest BCUT2D eigenvalue weighted by molar-refractivity contribution is 0.0697. The molecule has 3 rings (SSSR count). The molecule has 0 amide bonds. The van der Waals surface area contributed by atoms with Crippen LogP contribution < -0.4 is 0 Å². The molecule has 7 heteroatoms. The first kappa shape index (κ1) is 13.6. The molecular weight excluding hydrogens is 336 g/mol. The Morgan fingerprint density at radius 2 is 1.95 bits per heavy atom. The molecule has 0 bridgehead atoms. The Labute approximate surface area is 128 Å². The van der Waals surface area contributed by atoms with E-state index in [1.165, 1.54) is 6.20 Å². The minimum absolute atomic E-state index is 0.144. The van der Waals surface area contributed by atoms with E-state index in [4.69, 9.17) is 0 Å². The highest BCUT2D eigenvalue weighted by Gasteiger charge is 2.18. The van der Waals surface area contributed by atoms with Gasteiger partial charge in [0.2, 0.25) is 0 Å². The molecule has 1 N–H and O–H groups in total. The van der Waals surface area contributed by atoms with Gasteiger partial charge in [0.05, 0.1) is 11.9 Å². The van der Waals surface area contributed by atoms with Crippen LogP contribution in [-0.2, 0) is 7.05 Å². The van der Waals surface area contributed by atoms with Crippen LogP contribution >= 0.6 is 15.9 Å². The van der Waals surface area contributed by atoms with Gasteiger partial charge in [-0.15, -0.1) is 0 Å². The summed E-state index contributed by atoms with van der Waals surface area (Å²) in [6, 6.07) is 7.47. The summed E-state index contributed by atoms with van der Waals surface area (Å²) < 4.78 is 4.11. The summed E-state index contributed by atoms with van der Waals surface area (Å²) in [4.78, 5) is 11.4. The summed E-state index contributed by atoms with van der Waals surface area (Å²) in [5.74, 6) is -1.02. The maximum Gasteiger partial charge on any atom is 0.339 e. The van der Waals surface area contributed by atoms with Crippen molar-refractivity contribution >= 4 is 21.9 Å². The van der Waals surface area contributed by atoms with Crippen molar-refractivity contribution in [2.75, 3.05) is 0 Å². The third kappa shape index (κ3) is 2.59. The van der Waals surface area contributed by atoms with Gasteiger partial charge in [0.15, 0.2) is 0 Å². The highest BCUT2D eigenvalue weighted by molar-refractivity contribution is 9.10. The van der Waals surface area contributed by atoms with E-state index in [0.717, 1.165) is 10.2 Å². The molecule has 0 saturated carbocycles. The van der Waals surface area contributed by atoms with E-state index in [9.17, 15) is 9.90 Å². The van der Waals surface area contributed by atoms with Gasteiger partial charge in [-0.2, -0.15) is 10.2 Å². The van der Waals surface area contributed by atoms with Gasteiger partial charge in [-0.05, 0) is 24.3 Å². The summed E-state index contributed by atoms with van der Waals surface area (Å²) in [5.41, 5.74) is 2.01. The summed E-state index contributed by atoms with van der Waals surface area (Å²) in [6.07, 6.45) is 4.84. The predicted molar refractivity (Wildman–Crippen MR) is 80.4 cm³/mol. The third-order valence-electron chi connectivity index (χ3n) is 3.01. The molecule has 0 aliphatic carbocycles. The number of rotatable bonds is 3. The number of aryl methyl sites for hydroxylation is 1. The van der Waals surface area contributed by atoms with Crippen molar-refractivity contribution in [2.45, 2.75) is 0 Å². The van der Waals surface area contributed by atoms with Crippen LogP contribution in [0, 0.1) is 0 Å². The first-order valence-electron chi connectivity index (χ1n) is 6.12. The number of benzene rings is 1. The van der Waals surface area contributed by atoms with E-state index in [1.54, 1.807) is 28.8 Å². The lowest BCUT2D eigenvalue weighted by Crippen LogP contribution is -1.96. The van der Waals surface area contributed by atoms with Gasteiger partial charge in [-0.3, -0.25) is 4.68 Å². The minimum atomic E-state index is -1.02. The second-order valence-electron chi connectivity index (χ2n) is 4.52. The van der Waals surface area contributed by atoms with E-state index in [-0.39, 0.29) is 5.56 Å². The average Bonchev–Trinajstić information content (AvgIpc) is 3.05. The topological polar surface area (TPSA) is 72.9 Å². The van der Waals surface area contributed by atoms with Crippen LogP contribution in [0.4, 0.5) is 0 Å². The Morgan fingerprint density at radius 3 is 2.52 bits per heavy atom. The normalized spacial score (nSPS) is 10.8. The van der Waals surface area contributed by atoms with Crippen molar-refractivity contribution in [3.05, 3.63) is 52.9 Å². The molecule has 0 atom stereocenters. The number of halogens is 1. The predicted octanol–water partition coefficient (Wildman–Crippen LogP) is 2.73. The van der Waals surface area contributed by atoms with Crippen molar-refractivity contribution in [2.24, 2.45) is 7.05 Å². The van der Waals surface area contributed by atoms with E-state index in [1.807, 2.05) is 24.3 Å². The molecule has 0 saturated heterocycles. The number of aromatic carboxylic acids is 1. The van der Waals surface area contributed by atoms with Crippen LogP contribution in [0.3, 0.4) is 0 Å². The Morgan fingerprint density at radius 1 is 1.24 bits per heavy atom. The molecule has 106 valence electrons. The largest absolute Gasteiger partial charge is 0.478 e. The molecule has 0 aliphatic rings. The van der Waals surface area contributed by atoms with E-state index < -0.39 is 5.97 Å². The lowest BCUT2D eigenvalue weighted by Gasteiger charge is -2.00. The maximum atomic E-state index is 11.4. The Hall–Kier alpha value is -2.41. The second-order valence-corrected chi connectivity index (χ2v) is 5.44. The van der Waals surface area contributed by atoms with Crippen molar-refractivity contribution in [3.63, 3.8) is 0 Å². The quantitative estimate of drug-likeness (QED) is 0.791. The third-order valence-corrected chi connectivity index (χ3v) is 3.54. The van der Waals surface area contributed by atoms with E-state index >= 15 is 0 Å². The van der Waals surface area contributed by atoms with Crippen LogP contribution in [-0.4, -0.2) is 30.6 Å². The van der Waals surface area contributed by atoms with Crippen molar-refractivity contribution in [1.29, 1.82) is 0 Å². The molecule has 0 unspecified atom stereocenters. The fourth-order valence-corrected chi connectivity index (χ4v) is 2.28. The smallest absolute Gasteiger partial charge is 0.339 e. The van der Waals surface area contributed by atoms with Crippen LogP contribution in [0.15, 0.2) is 47.3 Å². The Bertz CT molecular complexity index is 805. The fourth-order valence-electron chi connectivity index (χ4n) is 2.01. The van der Waals surface area contributed by atoms with Gasteiger partial charge < -0.3 is 5.11 Å². The van der Waals surface area contributed by atoms with Crippen LogP contribution in [0.25, 0.3) is 16.9 Å². The highest BCUT2D eigenvalue weighted by Crippen LogP contribution is 2.23. The van der Waals surface area contributed by atoms with Gasteiger partial charge in [0, 0.05) is 29.5 Å². The lowest BCUT2D eigenvalue weighted by atomic mass is 10.1. The molecule has 2 heterocycles. The van der Waals surface area contributed by atoms with Crippen LogP contribution in [0.1, 0.15) is 10.4 Å². The number of carbonyl (C=O) groups is 1. The summed E-state index contributed by atoms with van der Waals surface area (Å²) in [6.45, 7) is 0. The number of hydrogen-bond donors (Lipinski definition) is 1. The number of aromatic nitrogens is 4. The molecular formula is C14H11BrN4O2. The standard InChI is InChI=1S/C14H11BrN4O2/c1-18-7-9(6-16-18)13-12(14(20)21)8-19(17-13)11-4-2-10(15)3-5-11/h2-8H,1H3,(H,20,21). The minimum Gasteiger partial charge on any atom is -0.478 e. The van der Waals surface area contributed by atoms with Crippen LogP contribution in [0.5, 0.6) is 0 Å². The molecule has 0 radical (unpaired) electrons. The molecule has 0 fully saturated rings. The van der Waals surface area contributed by atoms with E-state index in [0.29, 0.717) is 11.3 Å². The van der Waals surface area contributed by atoms with Crippen LogP contribution in [0.2, 0.25) is 0 Å². The monoisotopic (exact) mass is 346 g/mol. The molecule has 6 nitrogen and oxygen atoms in total.